The third-order valence-corrected chi connectivity index (χ3v) is 26.1. The monoisotopic (exact) mass is 1390 g/mol. The first-order chi connectivity index (χ1) is 46.9. The van der Waals surface area contributed by atoms with Gasteiger partial charge in [0.05, 0.1) is 11.7 Å². The summed E-state index contributed by atoms with van der Waals surface area (Å²) in [6, 6.07) is 37.9. The highest BCUT2D eigenvalue weighted by atomic mass is 32.1. The number of fused-ring (bicyclic) bond motifs is 1. The third kappa shape index (κ3) is 21.1. The molecule has 9 heteroatoms. The number of aromatic nitrogens is 2. The van der Waals surface area contributed by atoms with E-state index in [4.69, 9.17) is 8.75 Å². The zero-order valence-corrected chi connectivity index (χ0v) is 63.7. The van der Waals surface area contributed by atoms with E-state index >= 15 is 0 Å². The van der Waals surface area contributed by atoms with Crippen LogP contribution in [0.1, 0.15) is 271 Å². The van der Waals surface area contributed by atoms with Gasteiger partial charge in [0.15, 0.2) is 0 Å². The molecule has 0 spiro atoms. The molecule has 0 saturated carbocycles. The number of thiophene rings is 6. The average molecular weight is 1390 g/mol. The molecule has 95 heavy (non-hydrogen) atoms. The fourth-order valence-corrected chi connectivity index (χ4v) is 20.2. The highest BCUT2D eigenvalue weighted by Crippen LogP contribution is 2.49. The summed E-state index contributed by atoms with van der Waals surface area (Å²) < 4.78 is 10.3. The van der Waals surface area contributed by atoms with Gasteiger partial charge >= 0.3 is 0 Å². The molecule has 0 unspecified atom stereocenters. The molecule has 0 fully saturated rings. The normalized spacial score (nSPS) is 12.1. The lowest BCUT2D eigenvalue weighted by atomic mass is 10.0. The standard InChI is InChI=1S/C86H104N2S7/c1-7-13-19-25-31-67-55-57-89-75(67)51-45-63-37-41-65(42-38-63)47-53-77-69(33-27-21-15-9-3)59-81(91-77)85-71(35-29-23-17-11-5)61-79(93-85)73-49-50-74(84-83(73)87-95-88-84)80-62-72(36-30-24-18-12-6)86(94-80)82-60-70(34-28-22-16-10-4)78(92-82)54-48-66-43-39-64(40-44-66)46-52-76-68(56-58-90-76)32-26-20-14-8-2/h37-62H,7-36H2,1-6H3/b51-45+,52-46+,53-47+,54-48+. The maximum atomic E-state index is 5.17. The van der Waals surface area contributed by atoms with Gasteiger partial charge in [0.2, 0.25) is 0 Å². The maximum Gasteiger partial charge on any atom is 0.114 e. The van der Waals surface area contributed by atoms with Gasteiger partial charge < -0.3 is 0 Å². The minimum Gasteiger partial charge on any atom is -0.172 e. The van der Waals surface area contributed by atoms with Crippen LogP contribution in [0, 0.1) is 0 Å². The van der Waals surface area contributed by atoms with Gasteiger partial charge in [0.1, 0.15) is 11.0 Å². The smallest absolute Gasteiger partial charge is 0.114 e. The fraction of sp³-hybridized carbons (Fsp3) is 0.419. The molecule has 0 amide bonds. The Balaban J connectivity index is 0.920. The molecule has 3 aromatic carbocycles. The average Bonchev–Trinajstić information content (AvgIpc) is 1.65. The summed E-state index contributed by atoms with van der Waals surface area (Å²) in [7, 11) is 0. The predicted octanol–water partition coefficient (Wildman–Crippen LogP) is 30.1. The van der Waals surface area contributed by atoms with Crippen LogP contribution in [0.3, 0.4) is 0 Å². The van der Waals surface area contributed by atoms with Crippen molar-refractivity contribution in [2.24, 2.45) is 0 Å². The summed E-state index contributed by atoms with van der Waals surface area (Å²) in [6.45, 7) is 13.9. The van der Waals surface area contributed by atoms with Crippen molar-refractivity contribution in [1.82, 2.24) is 8.75 Å². The Morgan fingerprint density at radius 3 is 0.895 bits per heavy atom. The van der Waals surface area contributed by atoms with Crippen molar-refractivity contribution in [2.45, 2.75) is 234 Å². The summed E-state index contributed by atoms with van der Waals surface area (Å²) in [4.78, 5) is 13.9. The Kier molecular flexibility index (Phi) is 29.9. The van der Waals surface area contributed by atoms with E-state index < -0.39 is 0 Å². The Bertz CT molecular complexity index is 3740. The Morgan fingerprint density at radius 1 is 0.274 bits per heavy atom. The van der Waals surface area contributed by atoms with Crippen LogP contribution >= 0.6 is 79.7 Å². The second-order valence-electron chi connectivity index (χ2n) is 26.2. The number of hydrogen-bond acceptors (Lipinski definition) is 9. The predicted molar refractivity (Wildman–Crippen MR) is 435 cm³/mol. The van der Waals surface area contributed by atoms with Crippen molar-refractivity contribution in [2.75, 3.05) is 0 Å². The highest BCUT2D eigenvalue weighted by Gasteiger charge is 2.23. The van der Waals surface area contributed by atoms with Crippen LogP contribution in [0.2, 0.25) is 0 Å². The molecule has 500 valence electrons. The number of aryl methyl sites for hydroxylation is 6. The van der Waals surface area contributed by atoms with Gasteiger partial charge in [0.25, 0.3) is 0 Å². The van der Waals surface area contributed by atoms with Crippen molar-refractivity contribution in [1.29, 1.82) is 0 Å². The van der Waals surface area contributed by atoms with E-state index in [1.165, 1.54) is 294 Å². The number of benzene rings is 3. The number of nitrogens with zero attached hydrogens (tertiary/aromatic N) is 2. The van der Waals surface area contributed by atoms with E-state index in [0.717, 1.165) is 36.7 Å². The molecule has 0 aliphatic heterocycles. The maximum absolute atomic E-state index is 5.17. The van der Waals surface area contributed by atoms with Gasteiger partial charge in [-0.2, -0.15) is 8.75 Å². The molecule has 0 N–H and O–H groups in total. The molecule has 0 saturated heterocycles. The molecule has 0 aliphatic rings. The number of unbranched alkanes of at least 4 members (excludes halogenated alkanes) is 18. The van der Waals surface area contributed by atoms with Crippen molar-refractivity contribution >= 4 is 139 Å². The first kappa shape index (κ1) is 72.4. The Morgan fingerprint density at radius 2 is 0.568 bits per heavy atom. The lowest BCUT2D eigenvalue weighted by Crippen LogP contribution is -1.87. The van der Waals surface area contributed by atoms with Crippen LogP contribution < -0.4 is 0 Å². The van der Waals surface area contributed by atoms with E-state index in [1.807, 2.05) is 68.0 Å². The van der Waals surface area contributed by atoms with Gasteiger partial charge in [0, 0.05) is 59.9 Å². The number of hydrogen-bond donors (Lipinski definition) is 0. The molecular weight excluding hydrogens is 1290 g/mol. The summed E-state index contributed by atoms with van der Waals surface area (Å²) >= 11 is 13.0. The molecule has 2 nitrogen and oxygen atoms in total. The van der Waals surface area contributed by atoms with Crippen LogP contribution in [-0.4, -0.2) is 8.75 Å². The summed E-state index contributed by atoms with van der Waals surface area (Å²) in [5.41, 5.74) is 18.4. The van der Waals surface area contributed by atoms with E-state index in [-0.39, 0.29) is 0 Å². The molecule has 7 heterocycles. The van der Waals surface area contributed by atoms with Gasteiger partial charge in [-0.1, -0.05) is 242 Å². The lowest BCUT2D eigenvalue weighted by Gasteiger charge is -2.03. The van der Waals surface area contributed by atoms with Crippen LogP contribution in [0.15, 0.2) is 108 Å². The van der Waals surface area contributed by atoms with Crippen LogP contribution in [0.5, 0.6) is 0 Å². The van der Waals surface area contributed by atoms with Crippen molar-refractivity contribution in [3.05, 3.63) is 183 Å². The molecule has 10 rings (SSSR count). The summed E-state index contributed by atoms with van der Waals surface area (Å²) in [6.07, 6.45) is 56.0. The zero-order chi connectivity index (χ0) is 65.8. The topological polar surface area (TPSA) is 25.8 Å². The van der Waals surface area contributed by atoms with E-state index in [0.29, 0.717) is 0 Å². The van der Waals surface area contributed by atoms with Crippen molar-refractivity contribution < 1.29 is 0 Å². The van der Waals surface area contributed by atoms with E-state index in [2.05, 4.69) is 198 Å². The number of rotatable bonds is 42. The second kappa shape index (κ2) is 39.3. The van der Waals surface area contributed by atoms with Crippen LogP contribution in [0.4, 0.5) is 0 Å². The Labute approximate surface area is 600 Å². The molecule has 0 bridgehead atoms. The first-order valence-electron chi connectivity index (χ1n) is 36.7. The van der Waals surface area contributed by atoms with Crippen molar-refractivity contribution in [3.63, 3.8) is 0 Å². The molecule has 10 aromatic rings. The highest BCUT2D eigenvalue weighted by molar-refractivity contribution is 7.25. The summed E-state index contributed by atoms with van der Waals surface area (Å²) in [5, 5.41) is 4.51. The fourth-order valence-electron chi connectivity index (χ4n) is 12.9. The van der Waals surface area contributed by atoms with Crippen LogP contribution in [-0.2, 0) is 38.5 Å². The van der Waals surface area contributed by atoms with Gasteiger partial charge in [-0.25, -0.2) is 0 Å². The zero-order valence-electron chi connectivity index (χ0n) is 58.0. The molecular formula is C86H104N2S7. The van der Waals surface area contributed by atoms with Crippen LogP contribution in [0.25, 0.3) is 100 Å². The lowest BCUT2D eigenvalue weighted by molar-refractivity contribution is 0.667. The minimum atomic E-state index is 1.03. The molecule has 0 aliphatic carbocycles. The van der Waals surface area contributed by atoms with Crippen molar-refractivity contribution in [3.8, 4) is 40.4 Å². The minimum absolute atomic E-state index is 1.03. The van der Waals surface area contributed by atoms with E-state index in [9.17, 15) is 0 Å². The molecule has 0 atom stereocenters. The van der Waals surface area contributed by atoms with Gasteiger partial charge in [-0.3, -0.25) is 0 Å². The largest absolute Gasteiger partial charge is 0.172 e. The van der Waals surface area contributed by atoms with Gasteiger partial charge in [-0.15, -0.1) is 68.0 Å². The quantitative estimate of drug-likeness (QED) is 0.0356. The van der Waals surface area contributed by atoms with E-state index in [1.54, 1.807) is 0 Å². The first-order valence-corrected chi connectivity index (χ1v) is 42.4. The second-order valence-corrected chi connectivity index (χ2v) is 32.9. The third-order valence-electron chi connectivity index (χ3n) is 18.6. The molecule has 0 radical (unpaired) electrons. The summed E-state index contributed by atoms with van der Waals surface area (Å²) in [5.74, 6) is 0. The molecule has 7 aromatic heterocycles. The Hall–Kier alpha value is -5.36. The SMILES string of the molecule is CCCCCCc1ccsc1/C=C/c1ccc(/C=C/c2sc(-c3sc(-c4ccc(-c5cc(CCCCCC)c(-c6cc(CCCCCC)c(/C=C/c7ccc(/C=C/c8sccc8CCCCCC)cc7)s6)s5)c5nsnc45)cc3CCCCCC)cc2CCCCCC)cc1. The van der Waals surface area contributed by atoms with Gasteiger partial charge in [-0.05, 0) is 204 Å².